The average Bonchev–Trinajstić information content (AvgIpc) is 2.90. The monoisotopic (exact) mass is 259 g/mol. The zero-order chi connectivity index (χ0) is 13.1. The summed E-state index contributed by atoms with van der Waals surface area (Å²) in [7, 11) is 2.08. The van der Waals surface area contributed by atoms with Gasteiger partial charge in [-0.2, -0.15) is 0 Å². The quantitative estimate of drug-likeness (QED) is 0.771. The van der Waals surface area contributed by atoms with E-state index in [1.807, 2.05) is 19.1 Å². The van der Waals surface area contributed by atoms with Crippen LogP contribution in [0.25, 0.3) is 0 Å². The van der Waals surface area contributed by atoms with Gasteiger partial charge in [-0.3, -0.25) is 4.79 Å². The van der Waals surface area contributed by atoms with Gasteiger partial charge < -0.3 is 4.90 Å². The Labute approximate surface area is 112 Å². The zero-order valence-corrected chi connectivity index (χ0v) is 11.7. The topological polar surface area (TPSA) is 20.3 Å². The predicted octanol–water partition coefficient (Wildman–Crippen LogP) is 4.07. The van der Waals surface area contributed by atoms with E-state index in [-0.39, 0.29) is 0 Å². The molecule has 0 aliphatic carbocycles. The summed E-state index contributed by atoms with van der Waals surface area (Å²) in [6, 6.07) is 10.5. The molecule has 1 heterocycles. The van der Waals surface area contributed by atoms with Crippen LogP contribution in [-0.4, -0.2) is 13.3 Å². The lowest BCUT2D eigenvalue weighted by Gasteiger charge is -2.26. The van der Waals surface area contributed by atoms with Crippen molar-refractivity contribution in [3.05, 3.63) is 51.7 Å². The number of aldehydes is 1. The number of benzene rings is 1. The molecule has 1 unspecified atom stereocenters. The van der Waals surface area contributed by atoms with E-state index in [2.05, 4.69) is 42.5 Å². The second kappa shape index (κ2) is 5.36. The van der Waals surface area contributed by atoms with Crippen LogP contribution >= 0.6 is 11.3 Å². The van der Waals surface area contributed by atoms with Crippen LogP contribution in [0.5, 0.6) is 0 Å². The van der Waals surface area contributed by atoms with Gasteiger partial charge in [0.05, 0.1) is 6.04 Å². The van der Waals surface area contributed by atoms with E-state index in [4.69, 9.17) is 0 Å². The number of anilines is 1. The maximum atomic E-state index is 10.8. The highest BCUT2D eigenvalue weighted by molar-refractivity contribution is 7.10. The van der Waals surface area contributed by atoms with Crippen molar-refractivity contribution in [2.75, 3.05) is 11.9 Å². The summed E-state index contributed by atoms with van der Waals surface area (Å²) >= 11 is 1.77. The molecule has 1 atom stereocenters. The molecular weight excluding hydrogens is 242 g/mol. The summed E-state index contributed by atoms with van der Waals surface area (Å²) in [4.78, 5) is 14.4. The number of thiophene rings is 1. The normalized spacial score (nSPS) is 12.2. The third-order valence-electron chi connectivity index (χ3n) is 3.32. The number of nitrogens with zero attached hydrogens (tertiary/aromatic N) is 1. The van der Waals surface area contributed by atoms with Crippen molar-refractivity contribution in [2.24, 2.45) is 0 Å². The van der Waals surface area contributed by atoms with Crippen LogP contribution in [0.1, 0.15) is 33.8 Å². The molecule has 0 bridgehead atoms. The first-order chi connectivity index (χ1) is 8.63. The van der Waals surface area contributed by atoms with Crippen LogP contribution in [0.4, 0.5) is 5.69 Å². The highest BCUT2D eigenvalue weighted by Crippen LogP contribution is 2.28. The molecule has 1 aromatic heterocycles. The number of carbonyl (C=O) groups is 1. The fraction of sp³-hybridized carbons (Fsp3) is 0.267. The highest BCUT2D eigenvalue weighted by Gasteiger charge is 2.13. The van der Waals surface area contributed by atoms with Gasteiger partial charge in [-0.25, -0.2) is 0 Å². The second-order valence-corrected chi connectivity index (χ2v) is 5.44. The molecule has 0 spiro atoms. The summed E-state index contributed by atoms with van der Waals surface area (Å²) < 4.78 is 0. The van der Waals surface area contributed by atoms with Crippen molar-refractivity contribution in [3.8, 4) is 0 Å². The number of rotatable bonds is 4. The van der Waals surface area contributed by atoms with Crippen molar-refractivity contribution >= 4 is 23.3 Å². The molecule has 3 heteroatoms. The minimum atomic E-state index is 0.339. The SMILES string of the molecule is Cc1cc(N(C)C(C)c2cccs2)ccc1C=O. The largest absolute Gasteiger partial charge is 0.367 e. The number of hydrogen-bond donors (Lipinski definition) is 0. The third-order valence-corrected chi connectivity index (χ3v) is 4.37. The maximum Gasteiger partial charge on any atom is 0.150 e. The fourth-order valence-corrected chi connectivity index (χ4v) is 2.78. The molecule has 0 saturated heterocycles. The van der Waals surface area contributed by atoms with Crippen molar-refractivity contribution in [3.63, 3.8) is 0 Å². The summed E-state index contributed by atoms with van der Waals surface area (Å²) in [6.45, 7) is 4.16. The Morgan fingerprint density at radius 2 is 2.11 bits per heavy atom. The van der Waals surface area contributed by atoms with Gasteiger partial charge in [0.1, 0.15) is 6.29 Å². The highest BCUT2D eigenvalue weighted by atomic mass is 32.1. The zero-order valence-electron chi connectivity index (χ0n) is 10.9. The van der Waals surface area contributed by atoms with Gasteiger partial charge >= 0.3 is 0 Å². The Balaban J connectivity index is 2.26. The number of hydrogen-bond acceptors (Lipinski definition) is 3. The van der Waals surface area contributed by atoms with E-state index in [9.17, 15) is 4.79 Å². The summed E-state index contributed by atoms with van der Waals surface area (Å²) in [5.74, 6) is 0. The lowest BCUT2D eigenvalue weighted by molar-refractivity contribution is 0.112. The molecule has 2 rings (SSSR count). The molecule has 2 aromatic rings. The molecule has 0 radical (unpaired) electrons. The van der Waals surface area contributed by atoms with Gasteiger partial charge in [-0.15, -0.1) is 11.3 Å². The molecule has 0 aliphatic rings. The molecule has 0 saturated carbocycles. The standard InChI is InChI=1S/C15H17NOS/c1-11-9-14(7-6-13(11)10-17)16(3)12(2)15-5-4-8-18-15/h4-10,12H,1-3H3. The van der Waals surface area contributed by atoms with Crippen molar-refractivity contribution in [2.45, 2.75) is 19.9 Å². The fourth-order valence-electron chi connectivity index (χ4n) is 1.95. The first-order valence-corrected chi connectivity index (χ1v) is 6.83. The van der Waals surface area contributed by atoms with E-state index >= 15 is 0 Å². The maximum absolute atomic E-state index is 10.8. The third kappa shape index (κ3) is 2.46. The van der Waals surface area contributed by atoms with Crippen LogP contribution < -0.4 is 4.90 Å². The van der Waals surface area contributed by atoms with E-state index in [1.54, 1.807) is 11.3 Å². The Bertz CT molecular complexity index is 533. The molecule has 2 nitrogen and oxygen atoms in total. The summed E-state index contributed by atoms with van der Waals surface area (Å²) in [5.41, 5.74) is 2.92. The molecule has 1 aromatic carbocycles. The lowest BCUT2D eigenvalue weighted by Crippen LogP contribution is -2.20. The van der Waals surface area contributed by atoms with Gasteiger partial charge in [0.15, 0.2) is 0 Å². The van der Waals surface area contributed by atoms with E-state index < -0.39 is 0 Å². The molecular formula is C15H17NOS. The van der Waals surface area contributed by atoms with Crippen LogP contribution in [0.3, 0.4) is 0 Å². The van der Waals surface area contributed by atoms with Gasteiger partial charge in [-0.05, 0) is 49.1 Å². The van der Waals surface area contributed by atoms with Crippen molar-refractivity contribution < 1.29 is 4.79 Å². The minimum Gasteiger partial charge on any atom is -0.367 e. The summed E-state index contributed by atoms with van der Waals surface area (Å²) in [6.07, 6.45) is 0.905. The second-order valence-electron chi connectivity index (χ2n) is 4.46. The van der Waals surface area contributed by atoms with Crippen LogP contribution in [0, 0.1) is 6.92 Å². The van der Waals surface area contributed by atoms with Crippen LogP contribution in [0.15, 0.2) is 35.7 Å². The van der Waals surface area contributed by atoms with Gasteiger partial charge in [0, 0.05) is 23.2 Å². The van der Waals surface area contributed by atoms with E-state index in [0.717, 1.165) is 23.1 Å². The number of carbonyl (C=O) groups excluding carboxylic acids is 1. The van der Waals surface area contributed by atoms with Crippen molar-refractivity contribution in [1.82, 2.24) is 0 Å². The van der Waals surface area contributed by atoms with E-state index in [0.29, 0.717) is 6.04 Å². The minimum absolute atomic E-state index is 0.339. The van der Waals surface area contributed by atoms with Crippen LogP contribution in [0.2, 0.25) is 0 Å². The van der Waals surface area contributed by atoms with Crippen LogP contribution in [-0.2, 0) is 0 Å². The van der Waals surface area contributed by atoms with Gasteiger partial charge in [-0.1, -0.05) is 6.07 Å². The lowest BCUT2D eigenvalue weighted by atomic mass is 10.1. The predicted molar refractivity (Wildman–Crippen MR) is 77.7 cm³/mol. The number of aryl methyl sites for hydroxylation is 1. The van der Waals surface area contributed by atoms with Gasteiger partial charge in [0.2, 0.25) is 0 Å². The molecule has 94 valence electrons. The Morgan fingerprint density at radius 1 is 1.33 bits per heavy atom. The molecule has 0 aliphatic heterocycles. The average molecular weight is 259 g/mol. The first kappa shape index (κ1) is 12.8. The van der Waals surface area contributed by atoms with Crippen molar-refractivity contribution in [1.29, 1.82) is 0 Å². The smallest absolute Gasteiger partial charge is 0.150 e. The Kier molecular flexibility index (Phi) is 3.82. The first-order valence-electron chi connectivity index (χ1n) is 5.95. The Hall–Kier alpha value is -1.61. The van der Waals surface area contributed by atoms with E-state index in [1.165, 1.54) is 4.88 Å². The molecule has 0 fully saturated rings. The molecule has 0 N–H and O–H groups in total. The molecule has 18 heavy (non-hydrogen) atoms. The van der Waals surface area contributed by atoms with Gasteiger partial charge in [0.25, 0.3) is 0 Å². The summed E-state index contributed by atoms with van der Waals surface area (Å²) in [5, 5.41) is 2.10. The molecule has 0 amide bonds. The Morgan fingerprint density at radius 3 is 2.67 bits per heavy atom.